The second-order valence-corrected chi connectivity index (χ2v) is 7.15. The first-order valence-corrected chi connectivity index (χ1v) is 9.29. The minimum absolute atomic E-state index is 0.0304. The van der Waals surface area contributed by atoms with Crippen LogP contribution in [0.1, 0.15) is 40.6 Å². The molecule has 1 amide bonds. The third kappa shape index (κ3) is 3.24. The molecule has 3 heterocycles. The number of amides is 1. The summed E-state index contributed by atoms with van der Waals surface area (Å²) in [4.78, 5) is 15.5. The van der Waals surface area contributed by atoms with Gasteiger partial charge in [0.25, 0.3) is 11.8 Å². The van der Waals surface area contributed by atoms with Gasteiger partial charge in [0.2, 0.25) is 5.89 Å². The van der Waals surface area contributed by atoms with Crippen LogP contribution in [0.25, 0.3) is 10.8 Å². The van der Waals surface area contributed by atoms with Crippen molar-refractivity contribution in [1.29, 1.82) is 5.26 Å². The summed E-state index contributed by atoms with van der Waals surface area (Å²) in [7, 11) is 0. The number of carbonyl (C=O) groups is 1. The van der Waals surface area contributed by atoms with Crippen LogP contribution in [0.2, 0.25) is 0 Å². The lowest BCUT2D eigenvalue weighted by Crippen LogP contribution is -2.39. The van der Waals surface area contributed by atoms with E-state index in [1.165, 1.54) is 0 Å². The summed E-state index contributed by atoms with van der Waals surface area (Å²) in [5.41, 5.74) is 1.14. The Morgan fingerprint density at radius 3 is 2.85 bits per heavy atom. The van der Waals surface area contributed by atoms with Crippen molar-refractivity contribution in [2.75, 3.05) is 13.1 Å². The van der Waals surface area contributed by atoms with Gasteiger partial charge in [-0.05, 0) is 48.6 Å². The Balaban J connectivity index is 1.48. The Hall–Kier alpha value is -2.98. The highest BCUT2D eigenvalue weighted by atomic mass is 32.1. The van der Waals surface area contributed by atoms with Crippen LogP contribution in [-0.4, -0.2) is 34.1 Å². The van der Waals surface area contributed by atoms with Crippen molar-refractivity contribution in [1.82, 2.24) is 15.1 Å². The minimum atomic E-state index is -0.0304. The van der Waals surface area contributed by atoms with Crippen molar-refractivity contribution < 1.29 is 9.21 Å². The molecule has 7 heteroatoms. The number of aromatic nitrogens is 2. The van der Waals surface area contributed by atoms with E-state index in [1.54, 1.807) is 35.6 Å². The molecule has 2 aromatic heterocycles. The largest absolute Gasteiger partial charge is 0.420 e. The Bertz CT molecular complexity index is 941. The first-order valence-electron chi connectivity index (χ1n) is 8.41. The highest BCUT2D eigenvalue weighted by Crippen LogP contribution is 2.30. The predicted molar refractivity (Wildman–Crippen MR) is 96.6 cm³/mol. The number of piperidine rings is 1. The number of rotatable bonds is 3. The maximum atomic E-state index is 12.7. The molecule has 1 aliphatic rings. The average Bonchev–Trinajstić information content (AvgIpc) is 3.39. The molecule has 4 rings (SSSR count). The Morgan fingerprint density at radius 2 is 2.12 bits per heavy atom. The molecular formula is C19H16N4O2S. The van der Waals surface area contributed by atoms with Crippen LogP contribution >= 0.6 is 11.3 Å². The molecule has 0 bridgehead atoms. The summed E-state index contributed by atoms with van der Waals surface area (Å²) >= 11 is 1.56. The number of hydrogen-bond acceptors (Lipinski definition) is 6. The molecule has 0 aliphatic carbocycles. The zero-order chi connectivity index (χ0) is 17.9. The molecule has 1 aromatic carbocycles. The lowest BCUT2D eigenvalue weighted by molar-refractivity contribution is 0.0698. The molecule has 1 unspecified atom stereocenters. The van der Waals surface area contributed by atoms with Crippen molar-refractivity contribution in [2.45, 2.75) is 18.8 Å². The SMILES string of the molecule is N#Cc1ccc(C(=O)N2CCCC(c3nnc(-c4cccs4)o3)C2)cc1. The summed E-state index contributed by atoms with van der Waals surface area (Å²) in [5.74, 6) is 1.14. The van der Waals surface area contributed by atoms with Crippen LogP contribution in [0.4, 0.5) is 0 Å². The summed E-state index contributed by atoms with van der Waals surface area (Å²) < 4.78 is 5.85. The van der Waals surface area contributed by atoms with E-state index in [1.807, 2.05) is 22.4 Å². The van der Waals surface area contributed by atoms with Gasteiger partial charge in [-0.2, -0.15) is 5.26 Å². The van der Waals surface area contributed by atoms with Crippen molar-refractivity contribution in [3.05, 3.63) is 58.8 Å². The molecule has 0 saturated carbocycles. The first kappa shape index (κ1) is 16.5. The summed E-state index contributed by atoms with van der Waals surface area (Å²) in [5, 5.41) is 19.2. The highest BCUT2D eigenvalue weighted by Gasteiger charge is 2.29. The predicted octanol–water partition coefficient (Wildman–Crippen LogP) is 3.69. The fourth-order valence-corrected chi connectivity index (χ4v) is 3.78. The molecule has 130 valence electrons. The van der Waals surface area contributed by atoms with Gasteiger partial charge in [-0.1, -0.05) is 6.07 Å². The number of nitrogens with zero attached hydrogens (tertiary/aromatic N) is 4. The molecule has 3 aromatic rings. The van der Waals surface area contributed by atoms with E-state index in [0.717, 1.165) is 17.7 Å². The van der Waals surface area contributed by atoms with E-state index >= 15 is 0 Å². The maximum Gasteiger partial charge on any atom is 0.257 e. The molecule has 0 N–H and O–H groups in total. The van der Waals surface area contributed by atoms with Crippen LogP contribution in [-0.2, 0) is 0 Å². The van der Waals surface area contributed by atoms with E-state index in [0.29, 0.717) is 36.0 Å². The average molecular weight is 364 g/mol. The van der Waals surface area contributed by atoms with Crippen molar-refractivity contribution in [2.24, 2.45) is 0 Å². The number of hydrogen-bond donors (Lipinski definition) is 0. The standard InChI is InChI=1S/C19H16N4O2S/c20-11-13-5-7-14(8-6-13)19(24)23-9-1-3-15(12-23)17-21-22-18(25-17)16-4-2-10-26-16/h2,4-8,10,15H,1,3,9,12H2. The second kappa shape index (κ2) is 7.10. The van der Waals surface area contributed by atoms with Gasteiger partial charge >= 0.3 is 0 Å². The molecule has 6 nitrogen and oxygen atoms in total. The van der Waals surface area contributed by atoms with Crippen LogP contribution < -0.4 is 0 Å². The summed E-state index contributed by atoms with van der Waals surface area (Å²) in [6, 6.07) is 12.7. The van der Waals surface area contributed by atoms with Gasteiger partial charge in [0.15, 0.2) is 0 Å². The third-order valence-electron chi connectivity index (χ3n) is 4.49. The highest BCUT2D eigenvalue weighted by molar-refractivity contribution is 7.13. The number of benzene rings is 1. The quantitative estimate of drug-likeness (QED) is 0.708. The molecule has 0 spiro atoms. The van der Waals surface area contributed by atoms with Crippen molar-refractivity contribution >= 4 is 17.2 Å². The van der Waals surface area contributed by atoms with E-state index in [4.69, 9.17) is 9.68 Å². The lowest BCUT2D eigenvalue weighted by Gasteiger charge is -2.31. The first-order chi connectivity index (χ1) is 12.7. The van der Waals surface area contributed by atoms with Crippen LogP contribution in [0, 0.1) is 11.3 Å². The van der Waals surface area contributed by atoms with Crippen molar-refractivity contribution in [3.63, 3.8) is 0 Å². The summed E-state index contributed by atoms with van der Waals surface area (Å²) in [6.07, 6.45) is 1.81. The van der Waals surface area contributed by atoms with E-state index in [9.17, 15) is 4.79 Å². The van der Waals surface area contributed by atoms with Gasteiger partial charge in [-0.25, -0.2) is 0 Å². The number of likely N-dealkylation sites (tertiary alicyclic amines) is 1. The van der Waals surface area contributed by atoms with E-state index in [-0.39, 0.29) is 11.8 Å². The Morgan fingerprint density at radius 1 is 1.27 bits per heavy atom. The molecule has 1 aliphatic heterocycles. The third-order valence-corrected chi connectivity index (χ3v) is 5.35. The van der Waals surface area contributed by atoms with Crippen LogP contribution in [0.3, 0.4) is 0 Å². The van der Waals surface area contributed by atoms with Gasteiger partial charge in [0, 0.05) is 18.7 Å². The van der Waals surface area contributed by atoms with Crippen LogP contribution in [0.15, 0.2) is 46.2 Å². The topological polar surface area (TPSA) is 83.0 Å². The Kier molecular flexibility index (Phi) is 4.50. The molecule has 1 fully saturated rings. The Labute approximate surface area is 154 Å². The van der Waals surface area contributed by atoms with Crippen molar-refractivity contribution in [3.8, 4) is 16.8 Å². The van der Waals surface area contributed by atoms with Gasteiger partial charge in [0.05, 0.1) is 22.4 Å². The van der Waals surface area contributed by atoms with E-state index in [2.05, 4.69) is 16.3 Å². The lowest BCUT2D eigenvalue weighted by atomic mass is 9.97. The summed E-state index contributed by atoms with van der Waals surface area (Å²) in [6.45, 7) is 1.27. The van der Waals surface area contributed by atoms with Gasteiger partial charge < -0.3 is 9.32 Å². The monoisotopic (exact) mass is 364 g/mol. The number of nitriles is 1. The molecule has 0 radical (unpaired) electrons. The molecule has 26 heavy (non-hydrogen) atoms. The van der Waals surface area contributed by atoms with Gasteiger partial charge in [0.1, 0.15) is 0 Å². The minimum Gasteiger partial charge on any atom is -0.420 e. The normalized spacial score (nSPS) is 17.0. The van der Waals surface area contributed by atoms with Gasteiger partial charge in [-0.3, -0.25) is 4.79 Å². The van der Waals surface area contributed by atoms with Crippen LogP contribution in [0.5, 0.6) is 0 Å². The maximum absolute atomic E-state index is 12.7. The molecular weight excluding hydrogens is 348 g/mol. The smallest absolute Gasteiger partial charge is 0.257 e. The zero-order valence-corrected chi connectivity index (χ0v) is 14.8. The number of thiophene rings is 1. The molecule has 1 atom stereocenters. The second-order valence-electron chi connectivity index (χ2n) is 6.20. The zero-order valence-electron chi connectivity index (χ0n) is 14.0. The fraction of sp³-hybridized carbons (Fsp3) is 0.263. The fourth-order valence-electron chi connectivity index (χ4n) is 3.13. The number of carbonyl (C=O) groups excluding carboxylic acids is 1. The molecule has 1 saturated heterocycles. The van der Waals surface area contributed by atoms with E-state index < -0.39 is 0 Å². The van der Waals surface area contributed by atoms with Gasteiger partial charge in [-0.15, -0.1) is 21.5 Å².